The van der Waals surface area contributed by atoms with Crippen molar-refractivity contribution in [1.29, 1.82) is 0 Å². The highest BCUT2D eigenvalue weighted by atomic mass is 32.1. The summed E-state index contributed by atoms with van der Waals surface area (Å²) >= 11 is 1.02. The number of hydrogen-bond donors (Lipinski definition) is 1. The second-order valence-corrected chi connectivity index (χ2v) is 7.02. The minimum atomic E-state index is -0.513. The summed E-state index contributed by atoms with van der Waals surface area (Å²) < 4.78 is 8.55. The van der Waals surface area contributed by atoms with E-state index in [9.17, 15) is 19.2 Å². The summed E-state index contributed by atoms with van der Waals surface area (Å²) in [6.07, 6.45) is 3.44. The average molecular weight is 406 g/mol. The molecule has 0 radical (unpaired) electrons. The van der Waals surface area contributed by atoms with E-state index in [2.05, 4.69) is 20.0 Å². The monoisotopic (exact) mass is 406 g/mol. The first-order valence-electron chi connectivity index (χ1n) is 8.28. The van der Waals surface area contributed by atoms with Gasteiger partial charge in [-0.1, -0.05) is 11.3 Å². The van der Waals surface area contributed by atoms with Crippen molar-refractivity contribution in [3.8, 4) is 0 Å². The molecule has 3 aromatic heterocycles. The highest BCUT2D eigenvalue weighted by Crippen LogP contribution is 2.19. The predicted molar refractivity (Wildman–Crippen MR) is 102 cm³/mol. The number of aryl methyl sites for hydroxylation is 2. The van der Waals surface area contributed by atoms with Crippen molar-refractivity contribution in [2.75, 3.05) is 12.4 Å². The van der Waals surface area contributed by atoms with E-state index in [4.69, 9.17) is 0 Å². The summed E-state index contributed by atoms with van der Waals surface area (Å²) in [5, 5.41) is 2.93. The van der Waals surface area contributed by atoms with Crippen LogP contribution >= 0.6 is 11.3 Å². The van der Waals surface area contributed by atoms with Crippen LogP contribution in [0.15, 0.2) is 22.1 Å². The van der Waals surface area contributed by atoms with Crippen LogP contribution in [0.4, 0.5) is 5.13 Å². The van der Waals surface area contributed by atoms with E-state index < -0.39 is 17.2 Å². The van der Waals surface area contributed by atoms with Gasteiger partial charge in [-0.2, -0.15) is 0 Å². The zero-order valence-electron chi connectivity index (χ0n) is 15.5. The Morgan fingerprint density at radius 3 is 2.68 bits per heavy atom. The molecule has 0 aromatic carbocycles. The standard InChI is InChI=1S/C16H18N6O5S/c1-20-12-11(13(24)21(2)16(20)26)22(8-18-12)6-4-5-10(23)19-15-17-7-9(28-15)14(25)27-3/h7-8H,4-6H2,1-3H3,(H,17,19,23). The number of fused-ring (bicyclic) bond motifs is 1. The molecule has 0 aliphatic carbocycles. The summed E-state index contributed by atoms with van der Waals surface area (Å²) in [6.45, 7) is 0.378. The van der Waals surface area contributed by atoms with Crippen LogP contribution in [0.5, 0.6) is 0 Å². The van der Waals surface area contributed by atoms with Crippen molar-refractivity contribution >= 4 is 39.5 Å². The third-order valence-corrected chi connectivity index (χ3v) is 5.05. The molecular weight excluding hydrogens is 388 g/mol. The van der Waals surface area contributed by atoms with Crippen molar-refractivity contribution in [3.05, 3.63) is 38.2 Å². The number of carbonyl (C=O) groups is 2. The Morgan fingerprint density at radius 2 is 1.96 bits per heavy atom. The third kappa shape index (κ3) is 3.58. The maximum absolute atomic E-state index is 12.4. The first-order valence-corrected chi connectivity index (χ1v) is 9.10. The Hall–Kier alpha value is -3.28. The number of carbonyl (C=O) groups excluding carboxylic acids is 2. The summed E-state index contributed by atoms with van der Waals surface area (Å²) in [7, 11) is 4.22. The number of esters is 1. The molecule has 28 heavy (non-hydrogen) atoms. The molecule has 1 amide bonds. The van der Waals surface area contributed by atoms with Gasteiger partial charge in [0.05, 0.1) is 19.6 Å². The molecule has 3 aromatic rings. The highest BCUT2D eigenvalue weighted by molar-refractivity contribution is 7.17. The molecule has 0 aliphatic heterocycles. The number of thiazole rings is 1. The zero-order chi connectivity index (χ0) is 20.4. The second kappa shape index (κ2) is 7.76. The molecule has 11 nitrogen and oxygen atoms in total. The molecule has 0 bridgehead atoms. The molecule has 0 aliphatic rings. The van der Waals surface area contributed by atoms with Crippen molar-refractivity contribution in [1.82, 2.24) is 23.7 Å². The summed E-state index contributed by atoms with van der Waals surface area (Å²) in [5.74, 6) is -0.781. The average Bonchev–Trinajstić information content (AvgIpc) is 3.31. The SMILES string of the molecule is COC(=O)c1cnc(NC(=O)CCCn2cnc3c2c(=O)n(C)c(=O)n3C)s1. The molecule has 0 fully saturated rings. The number of ether oxygens (including phenoxy) is 1. The van der Waals surface area contributed by atoms with Gasteiger partial charge < -0.3 is 14.6 Å². The van der Waals surface area contributed by atoms with E-state index in [1.807, 2.05) is 0 Å². The van der Waals surface area contributed by atoms with Gasteiger partial charge in [0.15, 0.2) is 16.3 Å². The topological polar surface area (TPSA) is 130 Å². The smallest absolute Gasteiger partial charge is 0.349 e. The van der Waals surface area contributed by atoms with Gasteiger partial charge >= 0.3 is 11.7 Å². The lowest BCUT2D eigenvalue weighted by molar-refractivity contribution is -0.116. The van der Waals surface area contributed by atoms with Gasteiger partial charge in [0, 0.05) is 27.1 Å². The maximum Gasteiger partial charge on any atom is 0.349 e. The van der Waals surface area contributed by atoms with E-state index in [0.29, 0.717) is 34.1 Å². The third-order valence-electron chi connectivity index (χ3n) is 4.16. The molecule has 3 rings (SSSR count). The first kappa shape index (κ1) is 19.5. The van der Waals surface area contributed by atoms with Crippen molar-refractivity contribution in [2.45, 2.75) is 19.4 Å². The molecule has 0 saturated heterocycles. The number of hydrogen-bond acceptors (Lipinski definition) is 8. The van der Waals surface area contributed by atoms with E-state index >= 15 is 0 Å². The Kier molecular flexibility index (Phi) is 5.40. The fraction of sp³-hybridized carbons (Fsp3) is 0.375. The highest BCUT2D eigenvalue weighted by Gasteiger charge is 2.15. The molecular formula is C16H18N6O5S. The van der Waals surface area contributed by atoms with Crippen LogP contribution in [0, 0.1) is 0 Å². The van der Waals surface area contributed by atoms with Gasteiger partial charge in [0.25, 0.3) is 5.56 Å². The molecule has 3 heterocycles. The van der Waals surface area contributed by atoms with Crippen molar-refractivity contribution in [3.63, 3.8) is 0 Å². The minimum absolute atomic E-state index is 0.179. The van der Waals surface area contributed by atoms with Crippen LogP contribution in [0.1, 0.15) is 22.5 Å². The van der Waals surface area contributed by atoms with Gasteiger partial charge in [-0.3, -0.25) is 18.7 Å². The largest absolute Gasteiger partial charge is 0.465 e. The number of rotatable bonds is 6. The Bertz CT molecular complexity index is 1170. The minimum Gasteiger partial charge on any atom is -0.465 e. The van der Waals surface area contributed by atoms with E-state index in [0.717, 1.165) is 15.9 Å². The molecule has 12 heteroatoms. The summed E-state index contributed by atoms with van der Waals surface area (Å²) in [5.41, 5.74) is -0.265. The van der Waals surface area contributed by atoms with Gasteiger partial charge in [-0.05, 0) is 6.42 Å². The molecule has 0 unspecified atom stereocenters. The molecule has 1 N–H and O–H groups in total. The Morgan fingerprint density at radius 1 is 1.21 bits per heavy atom. The zero-order valence-corrected chi connectivity index (χ0v) is 16.3. The number of methoxy groups -OCH3 is 1. The number of nitrogens with zero attached hydrogens (tertiary/aromatic N) is 5. The van der Waals surface area contributed by atoms with E-state index in [1.165, 1.54) is 31.2 Å². The first-order chi connectivity index (χ1) is 13.3. The van der Waals surface area contributed by atoms with Crippen LogP contribution in [0.2, 0.25) is 0 Å². The summed E-state index contributed by atoms with van der Waals surface area (Å²) in [4.78, 5) is 56.2. The quantitative estimate of drug-likeness (QED) is 0.574. The Balaban J connectivity index is 1.65. The van der Waals surface area contributed by atoms with E-state index in [1.54, 1.807) is 11.6 Å². The molecule has 0 spiro atoms. The van der Waals surface area contributed by atoms with Gasteiger partial charge in [0.1, 0.15) is 4.88 Å². The Labute approximate surface area is 162 Å². The lowest BCUT2D eigenvalue weighted by Gasteiger charge is -2.06. The van der Waals surface area contributed by atoms with Crippen molar-refractivity contribution < 1.29 is 14.3 Å². The number of imidazole rings is 1. The van der Waals surface area contributed by atoms with Crippen LogP contribution in [-0.2, 0) is 30.2 Å². The number of nitrogens with one attached hydrogen (secondary N) is 1. The second-order valence-electron chi connectivity index (χ2n) is 5.99. The molecule has 0 atom stereocenters. The fourth-order valence-electron chi connectivity index (χ4n) is 2.69. The molecule has 0 saturated carbocycles. The lowest BCUT2D eigenvalue weighted by atomic mass is 10.3. The van der Waals surface area contributed by atoms with Gasteiger partial charge in [-0.15, -0.1) is 0 Å². The molecule has 148 valence electrons. The number of aromatic nitrogens is 5. The maximum atomic E-state index is 12.4. The van der Waals surface area contributed by atoms with Crippen LogP contribution in [0.3, 0.4) is 0 Å². The van der Waals surface area contributed by atoms with E-state index in [-0.39, 0.29) is 12.3 Å². The normalized spacial score (nSPS) is 11.0. The van der Waals surface area contributed by atoms with Gasteiger partial charge in [0.2, 0.25) is 5.91 Å². The van der Waals surface area contributed by atoms with Gasteiger partial charge in [-0.25, -0.2) is 19.6 Å². The lowest BCUT2D eigenvalue weighted by Crippen LogP contribution is -2.37. The van der Waals surface area contributed by atoms with Crippen LogP contribution in [-0.4, -0.2) is 42.7 Å². The number of amides is 1. The predicted octanol–water partition coefficient (Wildman–Crippen LogP) is 0.0957. The van der Waals surface area contributed by atoms with Crippen LogP contribution in [0.25, 0.3) is 11.2 Å². The fourth-order valence-corrected chi connectivity index (χ4v) is 3.44. The van der Waals surface area contributed by atoms with Crippen molar-refractivity contribution in [2.24, 2.45) is 14.1 Å². The number of anilines is 1. The summed E-state index contributed by atoms with van der Waals surface area (Å²) in [6, 6.07) is 0. The van der Waals surface area contributed by atoms with Crippen LogP contribution < -0.4 is 16.6 Å².